The van der Waals surface area contributed by atoms with Gasteiger partial charge in [-0.15, -0.1) is 0 Å². The predicted octanol–water partition coefficient (Wildman–Crippen LogP) is 14.6. The van der Waals surface area contributed by atoms with E-state index in [1.54, 1.807) is 6.07 Å². The molecule has 61 heavy (non-hydrogen) atoms. The van der Waals surface area contributed by atoms with Gasteiger partial charge < -0.3 is 4.57 Å². The van der Waals surface area contributed by atoms with E-state index in [9.17, 15) is 6.85 Å². The van der Waals surface area contributed by atoms with Gasteiger partial charge in [-0.05, 0) is 74.8 Å². The van der Waals surface area contributed by atoms with E-state index in [2.05, 4.69) is 36.4 Å². The molecule has 0 radical (unpaired) electrons. The Morgan fingerprint density at radius 1 is 0.328 bits per heavy atom. The molecule has 0 saturated heterocycles. The highest BCUT2D eigenvalue weighted by atomic mass is 15.1. The summed E-state index contributed by atoms with van der Waals surface area (Å²) in [6.07, 6.45) is 0. The van der Waals surface area contributed by atoms with Crippen LogP contribution in [-0.2, 0) is 0 Å². The summed E-state index contributed by atoms with van der Waals surface area (Å²) in [5.74, 6) is 0.827. The second-order valence-corrected chi connectivity index (χ2v) is 14.3. The minimum Gasteiger partial charge on any atom is -0.309 e. The van der Waals surface area contributed by atoms with Gasteiger partial charge in [-0.1, -0.05) is 200 Å². The highest BCUT2D eigenvalue weighted by molar-refractivity contribution is 6.11. The average molecular weight is 791 g/mol. The van der Waals surface area contributed by atoms with E-state index < -0.39 is 83.6 Å². The second kappa shape index (κ2) is 15.5. The summed E-state index contributed by atoms with van der Waals surface area (Å²) in [6, 6.07) is 43.1. The number of para-hydroxylation sites is 1. The maximum atomic E-state index is 9.75. The monoisotopic (exact) mass is 790 g/mol. The maximum absolute atomic E-state index is 9.75. The number of aromatic nitrogens is 4. The number of benzene rings is 9. The number of hydrogen-bond donors (Lipinski definition) is 0. The van der Waals surface area contributed by atoms with Crippen LogP contribution >= 0.6 is 0 Å². The van der Waals surface area contributed by atoms with Crippen molar-refractivity contribution < 1.29 is 16.4 Å². The zero-order valence-corrected chi connectivity index (χ0v) is 32.3. The van der Waals surface area contributed by atoms with Crippen LogP contribution < -0.4 is 0 Å². The first-order valence-electron chi connectivity index (χ1n) is 25.6. The summed E-state index contributed by atoms with van der Waals surface area (Å²) in [5.41, 5.74) is 6.49. The Hall–Kier alpha value is -8.21. The summed E-state index contributed by atoms with van der Waals surface area (Å²) >= 11 is 0. The smallest absolute Gasteiger partial charge is 0.166 e. The van der Waals surface area contributed by atoms with Crippen molar-refractivity contribution in [3.05, 3.63) is 230 Å². The molecule has 11 aromatic rings. The molecule has 286 valence electrons. The molecule has 0 unspecified atom stereocenters. The molecular weight excluding hydrogens is 741 g/mol. The van der Waals surface area contributed by atoms with Crippen LogP contribution in [0.25, 0.3) is 106 Å². The molecular formula is C57H38N4. The SMILES string of the molecule is [2H]c1c([2H])c([2H])c(-c2c([2H])c([2H])c3c(c2[2H])c2c([2H])c([2H])c([2H])c([2H])c2n3-c2ccc(-c3ccc(-c4ccc(-c5ccccc5)cc4)cc3)cc2-c2nc(-c3ccccc3)nc(-c3ccccc3)n2)c([2H])c1[2H]. The van der Waals surface area contributed by atoms with Crippen LogP contribution in [0.1, 0.15) is 16.4 Å². The fraction of sp³-hybridized carbons (Fsp3) is 0. The second-order valence-electron chi connectivity index (χ2n) is 14.3. The van der Waals surface area contributed by atoms with Gasteiger partial charge in [0.2, 0.25) is 0 Å². The lowest BCUT2D eigenvalue weighted by atomic mass is 9.97. The van der Waals surface area contributed by atoms with E-state index in [-0.39, 0.29) is 33.3 Å². The van der Waals surface area contributed by atoms with Gasteiger partial charge in [0.05, 0.1) is 33.2 Å². The summed E-state index contributed by atoms with van der Waals surface area (Å²) in [5, 5.41) is -0.348. The van der Waals surface area contributed by atoms with Crippen molar-refractivity contribution in [3.63, 3.8) is 0 Å². The molecule has 0 aliphatic carbocycles. The number of hydrogen-bond acceptors (Lipinski definition) is 3. The van der Waals surface area contributed by atoms with E-state index in [0.29, 0.717) is 33.9 Å². The molecule has 0 fully saturated rings. The molecule has 0 aliphatic heterocycles. The van der Waals surface area contributed by atoms with E-state index in [4.69, 9.17) is 24.5 Å². The van der Waals surface area contributed by atoms with Crippen LogP contribution in [0, 0.1) is 0 Å². The first-order valence-corrected chi connectivity index (χ1v) is 19.6. The Balaban J connectivity index is 1.20. The van der Waals surface area contributed by atoms with Gasteiger partial charge in [0, 0.05) is 27.5 Å². The first kappa shape index (κ1) is 25.3. The zero-order chi connectivity index (χ0) is 51.0. The number of rotatable bonds is 8. The average Bonchev–Trinajstić information content (AvgIpc) is 3.80. The Kier molecular flexibility index (Phi) is 6.44. The molecule has 0 atom stereocenters. The molecule has 4 heteroatoms. The molecule has 0 amide bonds. The molecule has 2 aromatic heterocycles. The highest BCUT2D eigenvalue weighted by Gasteiger charge is 2.21. The van der Waals surface area contributed by atoms with Crippen molar-refractivity contribution in [1.82, 2.24) is 19.5 Å². The third kappa shape index (κ3) is 6.86. The molecule has 0 aliphatic rings. The van der Waals surface area contributed by atoms with Gasteiger partial charge in [0.15, 0.2) is 17.5 Å². The van der Waals surface area contributed by atoms with E-state index in [0.717, 1.165) is 27.8 Å². The molecule has 0 bridgehead atoms. The summed E-state index contributed by atoms with van der Waals surface area (Å²) in [4.78, 5) is 15.1. The summed E-state index contributed by atoms with van der Waals surface area (Å²) in [7, 11) is 0. The predicted molar refractivity (Wildman–Crippen MR) is 252 cm³/mol. The molecule has 11 rings (SSSR count). The fourth-order valence-electron chi connectivity index (χ4n) is 7.62. The van der Waals surface area contributed by atoms with Crippen molar-refractivity contribution in [3.8, 4) is 84.4 Å². The molecule has 0 N–H and O–H groups in total. The standard InChI is InChI=1S/C57H38N4/c1-5-15-39(16-6-1)41-25-27-42(28-26-41)43-29-31-44(32-30-43)48-34-36-54(61-52-24-14-13-23-49(52)50-37-47(33-35-53(50)61)40-17-7-2-8-18-40)51(38-48)57-59-55(45-19-9-3-10-20-45)58-56(60-57)46-21-11-4-12-22-46/h1-38H/i2D,7D,8D,13D,14D,17D,18D,23D,24D,33D,35D,37D. The fourth-order valence-corrected chi connectivity index (χ4v) is 7.62. The van der Waals surface area contributed by atoms with Crippen LogP contribution in [0.5, 0.6) is 0 Å². The van der Waals surface area contributed by atoms with Crippen molar-refractivity contribution in [1.29, 1.82) is 0 Å². The van der Waals surface area contributed by atoms with Gasteiger partial charge in [-0.25, -0.2) is 15.0 Å². The maximum Gasteiger partial charge on any atom is 0.166 e. The van der Waals surface area contributed by atoms with Gasteiger partial charge >= 0.3 is 0 Å². The van der Waals surface area contributed by atoms with Gasteiger partial charge in [0.25, 0.3) is 0 Å². The third-order valence-corrected chi connectivity index (χ3v) is 10.6. The largest absolute Gasteiger partial charge is 0.309 e. The Bertz CT molecular complexity index is 3930. The number of fused-ring (bicyclic) bond motifs is 3. The van der Waals surface area contributed by atoms with Crippen molar-refractivity contribution in [2.75, 3.05) is 0 Å². The van der Waals surface area contributed by atoms with Crippen LogP contribution in [-0.4, -0.2) is 19.5 Å². The van der Waals surface area contributed by atoms with Crippen LogP contribution in [0.4, 0.5) is 0 Å². The van der Waals surface area contributed by atoms with Crippen molar-refractivity contribution >= 4 is 21.8 Å². The van der Waals surface area contributed by atoms with Gasteiger partial charge in [-0.2, -0.15) is 0 Å². The van der Waals surface area contributed by atoms with E-state index in [1.807, 2.05) is 115 Å². The van der Waals surface area contributed by atoms with E-state index in [1.165, 1.54) is 4.57 Å². The van der Waals surface area contributed by atoms with Gasteiger partial charge in [-0.3, -0.25) is 0 Å². The van der Waals surface area contributed by atoms with Crippen molar-refractivity contribution in [2.45, 2.75) is 0 Å². The summed E-state index contributed by atoms with van der Waals surface area (Å²) in [6.45, 7) is 0. The van der Waals surface area contributed by atoms with Crippen molar-refractivity contribution in [2.24, 2.45) is 0 Å². The molecule has 4 nitrogen and oxygen atoms in total. The molecule has 9 aromatic carbocycles. The topological polar surface area (TPSA) is 43.6 Å². The Labute approximate surface area is 371 Å². The first-order chi connectivity index (χ1) is 35.2. The van der Waals surface area contributed by atoms with Crippen LogP contribution in [0.15, 0.2) is 230 Å². The van der Waals surface area contributed by atoms with E-state index >= 15 is 0 Å². The minimum absolute atomic E-state index is 0.127. The highest BCUT2D eigenvalue weighted by Crippen LogP contribution is 2.40. The van der Waals surface area contributed by atoms with Gasteiger partial charge in [0.1, 0.15) is 0 Å². The minimum atomic E-state index is -0.704. The molecule has 0 saturated carbocycles. The Morgan fingerprint density at radius 3 is 1.38 bits per heavy atom. The lowest BCUT2D eigenvalue weighted by Gasteiger charge is -2.16. The molecule has 0 spiro atoms. The molecule has 2 heterocycles. The lowest BCUT2D eigenvalue weighted by molar-refractivity contribution is 1.06. The lowest BCUT2D eigenvalue weighted by Crippen LogP contribution is -2.04. The Morgan fingerprint density at radius 2 is 0.787 bits per heavy atom. The summed E-state index contributed by atoms with van der Waals surface area (Å²) < 4.78 is 109. The zero-order valence-electron chi connectivity index (χ0n) is 44.3. The van der Waals surface area contributed by atoms with Crippen LogP contribution in [0.3, 0.4) is 0 Å². The van der Waals surface area contributed by atoms with Crippen LogP contribution in [0.2, 0.25) is 0 Å². The quantitative estimate of drug-likeness (QED) is 0.154. The normalized spacial score (nSPS) is 14.0. The number of nitrogens with zero attached hydrogens (tertiary/aromatic N) is 4. The third-order valence-electron chi connectivity index (χ3n) is 10.6.